The molecule has 130 valence electrons. The van der Waals surface area contributed by atoms with Gasteiger partial charge < -0.3 is 15.4 Å². The summed E-state index contributed by atoms with van der Waals surface area (Å²) in [4.78, 5) is 0. The minimum Gasteiger partial charge on any atom is -0.362 e. The van der Waals surface area contributed by atoms with Gasteiger partial charge in [0.05, 0.1) is 36.5 Å². The molecule has 0 aliphatic rings. The summed E-state index contributed by atoms with van der Waals surface area (Å²) >= 11 is 5.32. The average molecular weight is 356 g/mol. The van der Waals surface area contributed by atoms with Crippen molar-refractivity contribution >= 4 is 28.7 Å². The van der Waals surface area contributed by atoms with Crippen molar-refractivity contribution in [2.75, 3.05) is 17.7 Å². The summed E-state index contributed by atoms with van der Waals surface area (Å²) < 4.78 is 8.55. The summed E-state index contributed by atoms with van der Waals surface area (Å²) in [6, 6.07) is 8.41. The van der Waals surface area contributed by atoms with Crippen molar-refractivity contribution in [3.05, 3.63) is 60.2 Å². The Hall–Kier alpha value is -2.71. The Kier molecular flexibility index (Phi) is 5.42. The van der Waals surface area contributed by atoms with E-state index in [9.17, 15) is 0 Å². The summed E-state index contributed by atoms with van der Waals surface area (Å²) in [5.74, 6) is 0. The van der Waals surface area contributed by atoms with Crippen LogP contribution in [-0.4, -0.2) is 31.8 Å². The molecule has 0 unspecified atom stereocenters. The first-order valence-electron chi connectivity index (χ1n) is 7.80. The fourth-order valence-corrected chi connectivity index (χ4v) is 2.56. The van der Waals surface area contributed by atoms with E-state index in [1.807, 2.05) is 17.1 Å². The smallest absolute Gasteiger partial charge is 0.175 e. The molecule has 0 amide bonds. The average Bonchev–Trinajstić information content (AvgIpc) is 3.20. The fourth-order valence-electron chi connectivity index (χ4n) is 2.32. The van der Waals surface area contributed by atoms with Crippen molar-refractivity contribution in [1.29, 1.82) is 0 Å². The summed E-state index contributed by atoms with van der Waals surface area (Å²) in [6.07, 6.45) is 7.17. The zero-order chi connectivity index (χ0) is 17.6. The number of methoxy groups -OCH3 is 1. The molecule has 2 N–H and O–H groups in total. The van der Waals surface area contributed by atoms with Gasteiger partial charge in [0.25, 0.3) is 0 Å². The van der Waals surface area contributed by atoms with E-state index in [0.717, 1.165) is 11.4 Å². The predicted octanol–water partition coefficient (Wildman–Crippen LogP) is 2.85. The van der Waals surface area contributed by atoms with Gasteiger partial charge in [-0.05, 0) is 24.7 Å². The first-order chi connectivity index (χ1) is 12.1. The molecule has 0 saturated heterocycles. The molecule has 1 aromatic carbocycles. The minimum absolute atomic E-state index is 0.396. The summed E-state index contributed by atoms with van der Waals surface area (Å²) in [7, 11) is 1.62. The number of aryl methyl sites for hydroxylation is 1. The van der Waals surface area contributed by atoms with E-state index < -0.39 is 0 Å². The third-order valence-electron chi connectivity index (χ3n) is 3.51. The normalized spacial score (nSPS) is 10.6. The maximum atomic E-state index is 5.32. The van der Waals surface area contributed by atoms with Gasteiger partial charge in [-0.15, -0.1) is 0 Å². The number of benzene rings is 1. The van der Waals surface area contributed by atoms with Gasteiger partial charge in [-0.2, -0.15) is 10.2 Å². The maximum Gasteiger partial charge on any atom is 0.175 e. The standard InChI is InChI=1S/C17H20N6OS/c1-13-3-5-14(6-4-13)9-22-10-15(7-18-22)20-17(25)21-16-8-19-23(11-16)12-24-2/h3-8,10-11H,9,12H2,1-2H3,(H2,20,21,25). The van der Waals surface area contributed by atoms with Crippen molar-refractivity contribution in [3.8, 4) is 0 Å². The largest absolute Gasteiger partial charge is 0.362 e. The van der Waals surface area contributed by atoms with Crippen LogP contribution in [0.5, 0.6) is 0 Å². The molecule has 2 aromatic heterocycles. The first-order valence-corrected chi connectivity index (χ1v) is 8.20. The fraction of sp³-hybridized carbons (Fsp3) is 0.235. The Morgan fingerprint density at radius 2 is 1.64 bits per heavy atom. The zero-order valence-electron chi connectivity index (χ0n) is 14.1. The third-order valence-corrected chi connectivity index (χ3v) is 3.71. The van der Waals surface area contributed by atoms with Crippen molar-refractivity contribution < 1.29 is 4.74 Å². The van der Waals surface area contributed by atoms with Crippen LogP contribution in [0.15, 0.2) is 49.1 Å². The summed E-state index contributed by atoms with van der Waals surface area (Å²) in [5, 5.41) is 15.2. The van der Waals surface area contributed by atoms with E-state index in [2.05, 4.69) is 52.0 Å². The van der Waals surface area contributed by atoms with Crippen LogP contribution in [0.3, 0.4) is 0 Å². The van der Waals surface area contributed by atoms with Gasteiger partial charge in [-0.3, -0.25) is 4.68 Å². The van der Waals surface area contributed by atoms with Gasteiger partial charge in [0.1, 0.15) is 6.73 Å². The summed E-state index contributed by atoms with van der Waals surface area (Å²) in [5.41, 5.74) is 4.07. The molecule has 3 rings (SSSR count). The highest BCUT2D eigenvalue weighted by atomic mass is 32.1. The quantitative estimate of drug-likeness (QED) is 0.662. The monoisotopic (exact) mass is 356 g/mol. The Morgan fingerprint density at radius 1 is 1.04 bits per heavy atom. The SMILES string of the molecule is COCn1cc(NC(=S)Nc2cnn(Cc3ccc(C)cc3)c2)cn1. The molecule has 8 heteroatoms. The number of hydrogen-bond acceptors (Lipinski definition) is 4. The highest BCUT2D eigenvalue weighted by Gasteiger charge is 2.04. The lowest BCUT2D eigenvalue weighted by Crippen LogP contribution is -2.18. The van der Waals surface area contributed by atoms with Crippen molar-refractivity contribution in [2.45, 2.75) is 20.2 Å². The molecule has 0 saturated carbocycles. The lowest BCUT2D eigenvalue weighted by molar-refractivity contribution is 0.120. The number of ether oxygens (including phenoxy) is 1. The van der Waals surface area contributed by atoms with Crippen LogP contribution in [0.1, 0.15) is 11.1 Å². The molecule has 0 fully saturated rings. The molecule has 7 nitrogen and oxygen atoms in total. The third kappa shape index (κ3) is 4.88. The second-order valence-electron chi connectivity index (χ2n) is 5.68. The van der Waals surface area contributed by atoms with Crippen LogP contribution in [0.2, 0.25) is 0 Å². The molecular formula is C17H20N6OS. The highest BCUT2D eigenvalue weighted by Crippen LogP contribution is 2.11. The Balaban J connectivity index is 1.54. The topological polar surface area (TPSA) is 68.9 Å². The molecule has 0 radical (unpaired) electrons. The highest BCUT2D eigenvalue weighted by molar-refractivity contribution is 7.80. The lowest BCUT2D eigenvalue weighted by Gasteiger charge is -2.06. The Bertz CT molecular complexity index is 839. The van der Waals surface area contributed by atoms with Gasteiger partial charge in [0.2, 0.25) is 0 Å². The van der Waals surface area contributed by atoms with E-state index in [1.165, 1.54) is 11.1 Å². The van der Waals surface area contributed by atoms with Gasteiger partial charge >= 0.3 is 0 Å². The molecular weight excluding hydrogens is 336 g/mol. The van der Waals surface area contributed by atoms with E-state index in [0.29, 0.717) is 18.4 Å². The Morgan fingerprint density at radius 3 is 2.28 bits per heavy atom. The van der Waals surface area contributed by atoms with Crippen LogP contribution < -0.4 is 10.6 Å². The number of thiocarbonyl (C=S) groups is 1. The Labute approximate surface area is 151 Å². The number of nitrogens with zero attached hydrogens (tertiary/aromatic N) is 4. The van der Waals surface area contributed by atoms with E-state index >= 15 is 0 Å². The molecule has 25 heavy (non-hydrogen) atoms. The second kappa shape index (κ2) is 7.91. The van der Waals surface area contributed by atoms with Crippen LogP contribution in [-0.2, 0) is 18.0 Å². The van der Waals surface area contributed by atoms with Gasteiger partial charge in [0, 0.05) is 13.3 Å². The van der Waals surface area contributed by atoms with E-state index in [4.69, 9.17) is 17.0 Å². The second-order valence-corrected chi connectivity index (χ2v) is 6.09. The molecule has 0 spiro atoms. The first kappa shape index (κ1) is 17.1. The van der Waals surface area contributed by atoms with Crippen LogP contribution >= 0.6 is 12.2 Å². The van der Waals surface area contributed by atoms with Crippen LogP contribution in [0, 0.1) is 6.92 Å². The van der Waals surface area contributed by atoms with Crippen molar-refractivity contribution in [3.63, 3.8) is 0 Å². The van der Waals surface area contributed by atoms with Gasteiger partial charge in [-0.25, -0.2) is 4.68 Å². The maximum absolute atomic E-state index is 5.32. The van der Waals surface area contributed by atoms with E-state index in [-0.39, 0.29) is 0 Å². The van der Waals surface area contributed by atoms with Crippen molar-refractivity contribution in [1.82, 2.24) is 19.6 Å². The molecule has 2 heterocycles. The molecule has 0 aliphatic heterocycles. The number of hydrogen-bond donors (Lipinski definition) is 2. The number of nitrogens with one attached hydrogen (secondary N) is 2. The van der Waals surface area contributed by atoms with Gasteiger partial charge in [0.15, 0.2) is 5.11 Å². The lowest BCUT2D eigenvalue weighted by atomic mass is 10.1. The summed E-state index contributed by atoms with van der Waals surface area (Å²) in [6.45, 7) is 3.19. The number of anilines is 2. The van der Waals surface area contributed by atoms with E-state index in [1.54, 1.807) is 24.2 Å². The van der Waals surface area contributed by atoms with Gasteiger partial charge in [-0.1, -0.05) is 29.8 Å². The zero-order valence-corrected chi connectivity index (χ0v) is 15.0. The minimum atomic E-state index is 0.396. The molecule has 0 bridgehead atoms. The predicted molar refractivity (Wildman–Crippen MR) is 102 cm³/mol. The number of aromatic nitrogens is 4. The molecule has 0 atom stereocenters. The van der Waals surface area contributed by atoms with Crippen LogP contribution in [0.4, 0.5) is 11.4 Å². The van der Waals surface area contributed by atoms with Crippen LogP contribution in [0.25, 0.3) is 0 Å². The molecule has 3 aromatic rings. The molecule has 0 aliphatic carbocycles. The number of rotatable bonds is 6. The van der Waals surface area contributed by atoms with Crippen molar-refractivity contribution in [2.24, 2.45) is 0 Å².